The third-order valence-corrected chi connectivity index (χ3v) is 1.27. The van der Waals surface area contributed by atoms with Crippen LogP contribution in [0.4, 0.5) is 0 Å². The van der Waals surface area contributed by atoms with Crippen molar-refractivity contribution in [2.24, 2.45) is 0 Å². The van der Waals surface area contributed by atoms with Crippen LogP contribution >= 0.6 is 15.9 Å². The van der Waals surface area contributed by atoms with Gasteiger partial charge in [-0.05, 0) is 41.7 Å². The molecule has 0 spiro atoms. The lowest BCUT2D eigenvalue weighted by Gasteiger charge is -2.15. The topological polar surface area (TPSA) is 33.1 Å². The number of halogens is 1. The summed E-state index contributed by atoms with van der Waals surface area (Å²) in [6, 6.07) is -2.14. The van der Waals surface area contributed by atoms with Crippen LogP contribution in [0.15, 0.2) is 22.7 Å². The van der Waals surface area contributed by atoms with E-state index in [1.165, 1.54) is 0 Å². The predicted molar refractivity (Wildman–Crippen MR) is 47.2 cm³/mol. The molecule has 0 saturated heterocycles. The fourth-order valence-electron chi connectivity index (χ4n) is 0.467. The smallest absolute Gasteiger partial charge is 0.106 e. The molecule has 1 aromatic heterocycles. The minimum atomic E-state index is -3.40. The Morgan fingerprint density at radius 1 is 1.73 bits per heavy atom. The Labute approximate surface area is 87.1 Å². The molecule has 1 N–H and O–H groups in total. The minimum Gasteiger partial charge on any atom is -0.384 e. The lowest BCUT2D eigenvalue weighted by Crippen LogP contribution is -2.17. The van der Waals surface area contributed by atoms with Crippen LogP contribution in [0.25, 0.3) is 0 Å². The van der Waals surface area contributed by atoms with Crippen molar-refractivity contribution >= 4 is 15.9 Å². The van der Waals surface area contributed by atoms with Crippen molar-refractivity contribution in [3.05, 3.63) is 28.4 Å². The van der Waals surface area contributed by atoms with Crippen LogP contribution in [-0.4, -0.2) is 10.1 Å². The molecule has 3 heteroatoms. The lowest BCUT2D eigenvalue weighted by atomic mass is 10.1. The van der Waals surface area contributed by atoms with Gasteiger partial charge in [0.15, 0.2) is 0 Å². The SMILES string of the molecule is [2H]c1c(Br)nc(C(O)(C([2H])([2H])[2H])C([2H])([2H])[2H])c([2H])c1[2H]. The average molecular weight is 225 g/mol. The van der Waals surface area contributed by atoms with Crippen LogP contribution in [0.2, 0.25) is 0 Å². The second-order valence-electron chi connectivity index (χ2n) is 1.84. The summed E-state index contributed by atoms with van der Waals surface area (Å²) < 4.78 is 65.7. The van der Waals surface area contributed by atoms with E-state index in [1.54, 1.807) is 0 Å². The van der Waals surface area contributed by atoms with Crippen LogP contribution < -0.4 is 0 Å². The van der Waals surface area contributed by atoms with Crippen molar-refractivity contribution in [3.8, 4) is 0 Å². The highest BCUT2D eigenvalue weighted by atomic mass is 79.9. The van der Waals surface area contributed by atoms with Crippen molar-refractivity contribution in [2.45, 2.75) is 19.3 Å². The van der Waals surface area contributed by atoms with Gasteiger partial charge in [-0.1, -0.05) is 6.04 Å². The summed E-state index contributed by atoms with van der Waals surface area (Å²) in [7, 11) is 0. The van der Waals surface area contributed by atoms with Crippen LogP contribution in [-0.2, 0) is 5.60 Å². The molecule has 11 heavy (non-hydrogen) atoms. The van der Waals surface area contributed by atoms with Gasteiger partial charge < -0.3 is 5.11 Å². The number of nitrogens with zero attached hydrogens (tertiary/aromatic N) is 1. The predicted octanol–water partition coefficient (Wildman–Crippen LogP) is 2.07. The normalized spacial score (nSPS) is 25.8. The fraction of sp³-hybridized carbons (Fsp3) is 0.375. The molecular formula is C8H10BrNO. The average Bonchev–Trinajstić information content (AvgIpc) is 2.27. The van der Waals surface area contributed by atoms with Gasteiger partial charge in [-0.25, -0.2) is 4.98 Å². The Bertz CT molecular complexity index is 524. The van der Waals surface area contributed by atoms with Gasteiger partial charge in [0.1, 0.15) is 10.2 Å². The third kappa shape index (κ3) is 2.27. The fourth-order valence-corrected chi connectivity index (χ4v) is 0.744. The molecule has 0 radical (unpaired) electrons. The number of pyridine rings is 1. The van der Waals surface area contributed by atoms with Gasteiger partial charge in [-0.2, -0.15) is 0 Å². The molecular weight excluding hydrogens is 206 g/mol. The Kier molecular flexibility index (Phi) is 0.672. The summed E-state index contributed by atoms with van der Waals surface area (Å²) in [4.78, 5) is 3.49. The first-order valence-corrected chi connectivity index (χ1v) is 3.40. The van der Waals surface area contributed by atoms with E-state index in [-0.39, 0.29) is 4.60 Å². The molecule has 0 aliphatic carbocycles. The molecule has 1 rings (SSSR count). The summed E-state index contributed by atoms with van der Waals surface area (Å²) in [5.41, 5.74) is -4.38. The monoisotopic (exact) mass is 224 g/mol. The molecule has 0 unspecified atom stereocenters. The third-order valence-electron chi connectivity index (χ3n) is 0.899. The molecule has 60 valence electrons. The van der Waals surface area contributed by atoms with Gasteiger partial charge in [0.05, 0.1) is 9.81 Å². The zero-order chi connectivity index (χ0) is 16.1. The van der Waals surface area contributed by atoms with Crippen molar-refractivity contribution < 1.29 is 17.4 Å². The molecule has 0 aliphatic heterocycles. The first kappa shape index (κ1) is 2.54. The van der Waals surface area contributed by atoms with Gasteiger partial charge in [0.2, 0.25) is 0 Å². The molecule has 0 bridgehead atoms. The lowest BCUT2D eigenvalue weighted by molar-refractivity contribution is 0.0737. The van der Waals surface area contributed by atoms with Gasteiger partial charge >= 0.3 is 0 Å². The summed E-state index contributed by atoms with van der Waals surface area (Å²) in [5, 5.41) is 10.2. The number of aliphatic hydroxyl groups is 1. The van der Waals surface area contributed by atoms with E-state index in [4.69, 9.17) is 12.3 Å². The van der Waals surface area contributed by atoms with E-state index in [1.807, 2.05) is 0 Å². The maximum atomic E-state index is 10.2. The maximum Gasteiger partial charge on any atom is 0.106 e. The molecule has 0 amide bonds. The summed E-state index contributed by atoms with van der Waals surface area (Å²) in [5.74, 6) is 0. The number of aromatic nitrogens is 1. The van der Waals surface area contributed by atoms with Crippen molar-refractivity contribution in [3.63, 3.8) is 0 Å². The van der Waals surface area contributed by atoms with Crippen LogP contribution in [0.1, 0.15) is 31.7 Å². The van der Waals surface area contributed by atoms with E-state index in [0.29, 0.717) is 0 Å². The van der Waals surface area contributed by atoms with E-state index in [9.17, 15) is 5.11 Å². The van der Waals surface area contributed by atoms with Crippen LogP contribution in [0.3, 0.4) is 0 Å². The van der Waals surface area contributed by atoms with Crippen molar-refractivity contribution in [2.75, 3.05) is 0 Å². The maximum absolute atomic E-state index is 10.2. The van der Waals surface area contributed by atoms with E-state index < -0.39 is 43.1 Å². The Balaban J connectivity index is 3.79. The second kappa shape index (κ2) is 2.91. The summed E-state index contributed by atoms with van der Waals surface area (Å²) in [6.07, 6.45) is 0. The van der Waals surface area contributed by atoms with E-state index in [2.05, 4.69) is 20.9 Å². The molecule has 0 saturated carbocycles. The molecule has 0 aromatic carbocycles. The highest BCUT2D eigenvalue weighted by molar-refractivity contribution is 9.10. The van der Waals surface area contributed by atoms with Gasteiger partial charge in [0.25, 0.3) is 0 Å². The first-order valence-electron chi connectivity index (χ1n) is 7.11. The van der Waals surface area contributed by atoms with Gasteiger partial charge in [-0.3, -0.25) is 0 Å². The molecule has 0 atom stereocenters. The van der Waals surface area contributed by atoms with Gasteiger partial charge in [0, 0.05) is 8.22 Å². The summed E-state index contributed by atoms with van der Waals surface area (Å²) >= 11 is 2.78. The number of hydrogen-bond donors (Lipinski definition) is 1. The largest absolute Gasteiger partial charge is 0.384 e. The number of rotatable bonds is 1. The van der Waals surface area contributed by atoms with E-state index in [0.717, 1.165) is 0 Å². The Morgan fingerprint density at radius 2 is 2.45 bits per heavy atom. The molecule has 1 heterocycles. The Morgan fingerprint density at radius 3 is 3.09 bits per heavy atom. The summed E-state index contributed by atoms with van der Waals surface area (Å²) in [6.45, 7) is -6.78. The second-order valence-corrected chi connectivity index (χ2v) is 2.59. The molecule has 0 fully saturated rings. The standard InChI is InChI=1S/C8H10BrNO/c1-8(2,11)6-4-3-5-7(9)10-6/h3-5,11H,1-2H3/i1D3,2D3,3D,4D,5D. The Hall–Kier alpha value is -0.410. The van der Waals surface area contributed by atoms with Crippen molar-refractivity contribution in [1.29, 1.82) is 0 Å². The van der Waals surface area contributed by atoms with Crippen molar-refractivity contribution in [1.82, 2.24) is 4.98 Å². The highest BCUT2D eigenvalue weighted by Crippen LogP contribution is 2.18. The first-order chi connectivity index (χ1) is 8.75. The highest BCUT2D eigenvalue weighted by Gasteiger charge is 2.16. The zero-order valence-corrected chi connectivity index (χ0v) is 6.86. The molecule has 1 aromatic rings. The van der Waals surface area contributed by atoms with Crippen LogP contribution in [0.5, 0.6) is 0 Å². The zero-order valence-electron chi connectivity index (χ0n) is 14.3. The quantitative estimate of drug-likeness (QED) is 0.742. The van der Waals surface area contributed by atoms with E-state index >= 15 is 0 Å². The van der Waals surface area contributed by atoms with Gasteiger partial charge in [-0.15, -0.1) is 0 Å². The van der Waals surface area contributed by atoms with Crippen LogP contribution in [0, 0.1) is 0 Å². The minimum absolute atomic E-state index is 0.319. The molecule has 2 nitrogen and oxygen atoms in total. The molecule has 0 aliphatic rings. The number of hydrogen-bond acceptors (Lipinski definition) is 2.